The summed E-state index contributed by atoms with van der Waals surface area (Å²) < 4.78 is 19.2. The van der Waals surface area contributed by atoms with Gasteiger partial charge >= 0.3 is 0 Å². The van der Waals surface area contributed by atoms with Crippen LogP contribution in [0, 0.1) is 18.7 Å². The number of carbonyl (C=O) groups excluding carboxylic acids is 2. The lowest BCUT2D eigenvalue weighted by Crippen LogP contribution is -2.43. The van der Waals surface area contributed by atoms with Gasteiger partial charge in [-0.25, -0.2) is 4.39 Å². The molecule has 1 N–H and O–H groups in total. The van der Waals surface area contributed by atoms with Gasteiger partial charge in [0.25, 0.3) is 5.91 Å². The molecule has 1 unspecified atom stereocenters. The number of halogens is 1. The Balaban J connectivity index is 1.52. The van der Waals surface area contributed by atoms with Crippen molar-refractivity contribution in [3.8, 4) is 5.75 Å². The van der Waals surface area contributed by atoms with Gasteiger partial charge in [0.15, 0.2) is 0 Å². The minimum atomic E-state index is -0.357. The van der Waals surface area contributed by atoms with Crippen molar-refractivity contribution in [3.63, 3.8) is 0 Å². The van der Waals surface area contributed by atoms with Gasteiger partial charge < -0.3 is 15.0 Å². The Bertz CT molecular complexity index is 1140. The van der Waals surface area contributed by atoms with Crippen molar-refractivity contribution in [1.82, 2.24) is 4.90 Å². The van der Waals surface area contributed by atoms with E-state index in [1.54, 1.807) is 43.2 Å². The summed E-state index contributed by atoms with van der Waals surface area (Å²) in [5, 5.41) is 4.50. The second-order valence-corrected chi connectivity index (χ2v) is 7.90. The molecular weight excluding hydrogens is 395 g/mol. The molecule has 6 heteroatoms. The highest BCUT2D eigenvalue weighted by atomic mass is 19.1. The highest BCUT2D eigenvalue weighted by molar-refractivity contribution is 6.08. The number of hydrogen-bond acceptors (Lipinski definition) is 3. The van der Waals surface area contributed by atoms with E-state index in [1.165, 1.54) is 6.07 Å². The van der Waals surface area contributed by atoms with E-state index >= 15 is 0 Å². The van der Waals surface area contributed by atoms with Crippen LogP contribution in [0.25, 0.3) is 10.8 Å². The van der Waals surface area contributed by atoms with E-state index in [1.807, 2.05) is 24.3 Å². The van der Waals surface area contributed by atoms with E-state index in [4.69, 9.17) is 4.74 Å². The molecule has 5 nitrogen and oxygen atoms in total. The second-order valence-electron chi connectivity index (χ2n) is 7.90. The first-order chi connectivity index (χ1) is 15.0. The molecule has 3 aromatic rings. The van der Waals surface area contributed by atoms with Crippen molar-refractivity contribution < 1.29 is 18.7 Å². The first kappa shape index (κ1) is 20.8. The van der Waals surface area contributed by atoms with E-state index in [-0.39, 0.29) is 23.5 Å². The fourth-order valence-corrected chi connectivity index (χ4v) is 4.10. The first-order valence-corrected chi connectivity index (χ1v) is 10.4. The number of piperidine rings is 1. The summed E-state index contributed by atoms with van der Waals surface area (Å²) in [4.78, 5) is 27.8. The number of carbonyl (C=O) groups is 2. The number of likely N-dealkylation sites (tertiary alicyclic amines) is 1. The Labute approximate surface area is 180 Å². The highest BCUT2D eigenvalue weighted by Gasteiger charge is 2.30. The van der Waals surface area contributed by atoms with Gasteiger partial charge in [0.2, 0.25) is 5.91 Å². The van der Waals surface area contributed by atoms with Crippen molar-refractivity contribution >= 4 is 28.3 Å². The third-order valence-electron chi connectivity index (χ3n) is 5.85. The molecule has 0 saturated carbocycles. The van der Waals surface area contributed by atoms with Crippen LogP contribution >= 0.6 is 0 Å². The average Bonchev–Trinajstić information content (AvgIpc) is 2.80. The number of anilines is 1. The molecule has 1 atom stereocenters. The maximum absolute atomic E-state index is 13.8. The van der Waals surface area contributed by atoms with E-state index in [0.717, 1.165) is 17.2 Å². The van der Waals surface area contributed by atoms with Crippen LogP contribution in [0.15, 0.2) is 54.6 Å². The number of amides is 2. The number of hydrogen-bond donors (Lipinski definition) is 1. The topological polar surface area (TPSA) is 58.6 Å². The van der Waals surface area contributed by atoms with Gasteiger partial charge in [-0.05, 0) is 55.0 Å². The Morgan fingerprint density at radius 3 is 2.61 bits per heavy atom. The van der Waals surface area contributed by atoms with Crippen LogP contribution in [0.3, 0.4) is 0 Å². The lowest BCUT2D eigenvalue weighted by Gasteiger charge is -2.32. The third kappa shape index (κ3) is 4.24. The van der Waals surface area contributed by atoms with Crippen molar-refractivity contribution in [2.45, 2.75) is 19.8 Å². The van der Waals surface area contributed by atoms with Gasteiger partial charge in [0.1, 0.15) is 11.6 Å². The van der Waals surface area contributed by atoms with Crippen LogP contribution in [0.2, 0.25) is 0 Å². The zero-order chi connectivity index (χ0) is 22.0. The maximum Gasteiger partial charge on any atom is 0.254 e. The average molecular weight is 420 g/mol. The Hall–Kier alpha value is -3.41. The van der Waals surface area contributed by atoms with Gasteiger partial charge in [-0.3, -0.25) is 9.59 Å². The molecule has 0 spiro atoms. The molecule has 3 aromatic carbocycles. The molecule has 4 rings (SSSR count). The second kappa shape index (κ2) is 8.76. The minimum Gasteiger partial charge on any atom is -0.496 e. The summed E-state index contributed by atoms with van der Waals surface area (Å²) in [5.74, 6) is -0.275. The largest absolute Gasteiger partial charge is 0.496 e. The summed E-state index contributed by atoms with van der Waals surface area (Å²) in [5.41, 5.74) is 1.55. The van der Waals surface area contributed by atoms with Gasteiger partial charge in [-0.1, -0.05) is 30.3 Å². The van der Waals surface area contributed by atoms with Crippen molar-refractivity contribution in [1.29, 1.82) is 0 Å². The standard InChI is InChI=1S/C25H25FN2O3/c1-16-9-10-18(14-22(16)26)27-24(29)17-6-5-13-28(15-17)25(30)21-11-12-23(31-2)20-8-4-3-7-19(20)21/h3-4,7-12,14,17H,5-6,13,15H2,1-2H3,(H,27,29). The number of nitrogens with zero attached hydrogens (tertiary/aromatic N) is 1. The van der Waals surface area contributed by atoms with Crippen molar-refractivity contribution in [2.75, 3.05) is 25.5 Å². The lowest BCUT2D eigenvalue weighted by atomic mass is 9.95. The SMILES string of the molecule is COc1ccc(C(=O)N2CCCC(C(=O)Nc3ccc(C)c(F)c3)C2)c2ccccc12. The van der Waals surface area contributed by atoms with Crippen LogP contribution in [0.5, 0.6) is 5.75 Å². The predicted octanol–water partition coefficient (Wildman–Crippen LogP) is 4.79. The zero-order valence-electron chi connectivity index (χ0n) is 17.7. The van der Waals surface area contributed by atoms with E-state index < -0.39 is 0 Å². The number of aryl methyl sites for hydroxylation is 1. The molecule has 2 amide bonds. The molecule has 31 heavy (non-hydrogen) atoms. The molecule has 0 aromatic heterocycles. The summed E-state index contributed by atoms with van der Waals surface area (Å²) in [6.07, 6.45) is 1.42. The van der Waals surface area contributed by atoms with Crippen LogP contribution in [0.1, 0.15) is 28.8 Å². The number of benzene rings is 3. The molecule has 160 valence electrons. The Kier molecular flexibility index (Phi) is 5.89. The number of rotatable bonds is 4. The molecule has 1 aliphatic heterocycles. The van der Waals surface area contributed by atoms with Gasteiger partial charge in [-0.2, -0.15) is 0 Å². The molecular formula is C25H25FN2O3. The van der Waals surface area contributed by atoms with Gasteiger partial charge in [-0.15, -0.1) is 0 Å². The van der Waals surface area contributed by atoms with Crippen molar-refractivity contribution in [3.05, 3.63) is 71.5 Å². The van der Waals surface area contributed by atoms with Crippen LogP contribution in [-0.4, -0.2) is 36.9 Å². The smallest absolute Gasteiger partial charge is 0.254 e. The Morgan fingerprint density at radius 1 is 1.10 bits per heavy atom. The lowest BCUT2D eigenvalue weighted by molar-refractivity contribution is -0.121. The first-order valence-electron chi connectivity index (χ1n) is 10.4. The minimum absolute atomic E-state index is 0.0993. The van der Waals surface area contributed by atoms with Gasteiger partial charge in [0, 0.05) is 29.7 Å². The third-order valence-corrected chi connectivity index (χ3v) is 5.85. The predicted molar refractivity (Wildman–Crippen MR) is 119 cm³/mol. The van der Waals surface area contributed by atoms with E-state index in [2.05, 4.69) is 5.32 Å². The quantitative estimate of drug-likeness (QED) is 0.660. The molecule has 0 aliphatic carbocycles. The van der Waals surface area contributed by atoms with Crippen LogP contribution < -0.4 is 10.1 Å². The maximum atomic E-state index is 13.8. The normalized spacial score (nSPS) is 16.2. The number of ether oxygens (including phenoxy) is 1. The fourth-order valence-electron chi connectivity index (χ4n) is 4.10. The zero-order valence-corrected chi connectivity index (χ0v) is 17.7. The van der Waals surface area contributed by atoms with E-state index in [0.29, 0.717) is 42.1 Å². The molecule has 1 saturated heterocycles. The Morgan fingerprint density at radius 2 is 1.87 bits per heavy atom. The summed E-state index contributed by atoms with van der Waals surface area (Å²) in [6.45, 7) is 2.61. The summed E-state index contributed by atoms with van der Waals surface area (Å²) in [7, 11) is 1.61. The van der Waals surface area contributed by atoms with Crippen molar-refractivity contribution in [2.24, 2.45) is 5.92 Å². The fraction of sp³-hybridized carbons (Fsp3) is 0.280. The van der Waals surface area contributed by atoms with Crippen LogP contribution in [0.4, 0.5) is 10.1 Å². The number of fused-ring (bicyclic) bond motifs is 1. The molecule has 0 bridgehead atoms. The summed E-state index contributed by atoms with van der Waals surface area (Å²) >= 11 is 0. The number of methoxy groups -OCH3 is 1. The molecule has 0 radical (unpaired) electrons. The van der Waals surface area contributed by atoms with E-state index in [9.17, 15) is 14.0 Å². The summed E-state index contributed by atoms with van der Waals surface area (Å²) in [6, 6.07) is 15.9. The monoisotopic (exact) mass is 420 g/mol. The molecule has 1 aliphatic rings. The molecule has 1 fully saturated rings. The van der Waals surface area contributed by atoms with Gasteiger partial charge in [0.05, 0.1) is 13.0 Å². The highest BCUT2D eigenvalue weighted by Crippen LogP contribution is 2.30. The number of nitrogens with one attached hydrogen (secondary N) is 1. The molecule has 1 heterocycles. The van der Waals surface area contributed by atoms with Crippen LogP contribution in [-0.2, 0) is 4.79 Å².